The fourth-order valence-electron chi connectivity index (χ4n) is 2.39. The summed E-state index contributed by atoms with van der Waals surface area (Å²) in [5, 5.41) is 0. The highest BCUT2D eigenvalue weighted by molar-refractivity contribution is 5.53. The number of hydrogen-bond donors (Lipinski definition) is 1. The van der Waals surface area contributed by atoms with E-state index in [0.717, 1.165) is 30.7 Å². The Labute approximate surface area is 105 Å². The molecule has 0 spiro atoms. The maximum Gasteiger partial charge on any atom is 0.226 e. The highest BCUT2D eigenvalue weighted by Gasteiger charge is 2.23. The van der Waals surface area contributed by atoms with Crippen LogP contribution in [0.2, 0.25) is 0 Å². The van der Waals surface area contributed by atoms with E-state index in [1.54, 1.807) is 12.1 Å². The van der Waals surface area contributed by atoms with Crippen LogP contribution in [0.4, 0.5) is 4.39 Å². The number of benzene rings is 1. The van der Waals surface area contributed by atoms with Gasteiger partial charge in [-0.1, -0.05) is 6.07 Å². The third-order valence-electron chi connectivity index (χ3n) is 3.45. The summed E-state index contributed by atoms with van der Waals surface area (Å²) in [6, 6.07) is 6.33. The van der Waals surface area contributed by atoms with Crippen molar-refractivity contribution in [1.82, 2.24) is 4.98 Å². The van der Waals surface area contributed by atoms with Crippen LogP contribution >= 0.6 is 0 Å². The highest BCUT2D eigenvalue weighted by atomic mass is 19.1. The van der Waals surface area contributed by atoms with E-state index < -0.39 is 0 Å². The minimum Gasteiger partial charge on any atom is -0.441 e. The highest BCUT2D eigenvalue weighted by Crippen LogP contribution is 2.29. The Bertz CT molecular complexity index is 565. The summed E-state index contributed by atoms with van der Waals surface area (Å²) < 4.78 is 18.9. The summed E-state index contributed by atoms with van der Waals surface area (Å²) in [5.74, 6) is 1.63. The lowest BCUT2D eigenvalue weighted by molar-refractivity contribution is 0.401. The number of oxazole rings is 1. The Hall–Kier alpha value is -1.68. The van der Waals surface area contributed by atoms with E-state index in [4.69, 9.17) is 10.2 Å². The van der Waals surface area contributed by atoms with E-state index in [-0.39, 0.29) is 5.82 Å². The first kappa shape index (κ1) is 11.4. The summed E-state index contributed by atoms with van der Waals surface area (Å²) in [5.41, 5.74) is 7.37. The molecule has 3 rings (SSSR count). The van der Waals surface area contributed by atoms with Gasteiger partial charge in [0.05, 0.1) is 5.69 Å². The van der Waals surface area contributed by atoms with Gasteiger partial charge in [0.25, 0.3) is 0 Å². The first-order valence-electron chi connectivity index (χ1n) is 6.21. The van der Waals surface area contributed by atoms with Crippen LogP contribution < -0.4 is 5.73 Å². The first-order valence-corrected chi connectivity index (χ1v) is 6.21. The van der Waals surface area contributed by atoms with E-state index in [1.807, 2.05) is 0 Å². The third-order valence-corrected chi connectivity index (χ3v) is 3.45. The number of fused-ring (bicyclic) bond motifs is 1. The minimum absolute atomic E-state index is 0.275. The maximum atomic E-state index is 13.2. The van der Waals surface area contributed by atoms with Crippen LogP contribution in [0.5, 0.6) is 0 Å². The number of aryl methyl sites for hydroxylation is 1. The molecule has 2 N–H and O–H groups in total. The van der Waals surface area contributed by atoms with Gasteiger partial charge in [-0.15, -0.1) is 0 Å². The summed E-state index contributed by atoms with van der Waals surface area (Å²) in [7, 11) is 0. The first-order chi connectivity index (χ1) is 8.76. The third kappa shape index (κ3) is 2.04. The van der Waals surface area contributed by atoms with Crippen molar-refractivity contribution >= 4 is 0 Å². The molecule has 2 aromatic rings. The fourth-order valence-corrected chi connectivity index (χ4v) is 2.39. The van der Waals surface area contributed by atoms with Crippen molar-refractivity contribution in [2.24, 2.45) is 11.7 Å². The molecule has 1 heterocycles. The Morgan fingerprint density at radius 3 is 3.11 bits per heavy atom. The maximum absolute atomic E-state index is 13.2. The van der Waals surface area contributed by atoms with E-state index in [1.165, 1.54) is 12.1 Å². The summed E-state index contributed by atoms with van der Waals surface area (Å²) >= 11 is 0. The molecule has 4 heteroatoms. The molecule has 0 saturated heterocycles. The molecule has 0 bridgehead atoms. The fraction of sp³-hybridized carbons (Fsp3) is 0.357. The minimum atomic E-state index is -0.275. The second-order valence-electron chi connectivity index (χ2n) is 4.74. The average Bonchev–Trinajstić information content (AvgIpc) is 2.81. The molecule has 0 aliphatic heterocycles. The van der Waals surface area contributed by atoms with Crippen LogP contribution in [0.15, 0.2) is 28.7 Å². The van der Waals surface area contributed by atoms with Gasteiger partial charge >= 0.3 is 0 Å². The van der Waals surface area contributed by atoms with E-state index in [9.17, 15) is 4.39 Å². The van der Waals surface area contributed by atoms with Gasteiger partial charge in [0, 0.05) is 12.0 Å². The predicted molar refractivity (Wildman–Crippen MR) is 66.5 cm³/mol. The summed E-state index contributed by atoms with van der Waals surface area (Å²) in [6.07, 6.45) is 2.79. The number of hydrogen-bond acceptors (Lipinski definition) is 3. The Morgan fingerprint density at radius 2 is 2.33 bits per heavy atom. The number of aromatic nitrogens is 1. The summed E-state index contributed by atoms with van der Waals surface area (Å²) in [6.45, 7) is 0.676. The van der Waals surface area contributed by atoms with Gasteiger partial charge in [-0.25, -0.2) is 9.37 Å². The Morgan fingerprint density at radius 1 is 1.44 bits per heavy atom. The van der Waals surface area contributed by atoms with Crippen molar-refractivity contribution in [1.29, 1.82) is 0 Å². The van der Waals surface area contributed by atoms with Gasteiger partial charge in [-0.05, 0) is 43.5 Å². The second-order valence-corrected chi connectivity index (χ2v) is 4.74. The van der Waals surface area contributed by atoms with Gasteiger partial charge in [0.1, 0.15) is 11.6 Å². The Kier molecular flexibility index (Phi) is 2.88. The van der Waals surface area contributed by atoms with Crippen LogP contribution in [0, 0.1) is 11.7 Å². The van der Waals surface area contributed by atoms with Crippen LogP contribution in [0.1, 0.15) is 17.9 Å². The molecule has 1 aromatic carbocycles. The molecule has 3 nitrogen and oxygen atoms in total. The lowest BCUT2D eigenvalue weighted by atomic mass is 9.91. The molecule has 18 heavy (non-hydrogen) atoms. The normalized spacial score (nSPS) is 18.7. The van der Waals surface area contributed by atoms with Crippen LogP contribution in [0.25, 0.3) is 11.5 Å². The van der Waals surface area contributed by atoms with Crippen molar-refractivity contribution in [2.45, 2.75) is 19.3 Å². The van der Waals surface area contributed by atoms with Gasteiger partial charge in [-0.3, -0.25) is 0 Å². The van der Waals surface area contributed by atoms with Crippen molar-refractivity contribution in [3.05, 3.63) is 41.5 Å². The Balaban J connectivity index is 1.94. The van der Waals surface area contributed by atoms with Gasteiger partial charge in [-0.2, -0.15) is 0 Å². The molecular formula is C14H15FN2O. The zero-order valence-corrected chi connectivity index (χ0v) is 10.0. The number of nitrogens with two attached hydrogens (primary N) is 1. The van der Waals surface area contributed by atoms with Crippen molar-refractivity contribution < 1.29 is 8.81 Å². The van der Waals surface area contributed by atoms with Crippen molar-refractivity contribution in [3.63, 3.8) is 0 Å². The molecule has 0 radical (unpaired) electrons. The molecule has 1 unspecified atom stereocenters. The standard InChI is InChI=1S/C14H15FN2O/c15-11-3-1-2-10(7-11)14-17-12-5-4-9(8-16)6-13(12)18-14/h1-3,7,9H,4-6,8,16H2. The second kappa shape index (κ2) is 4.53. The quantitative estimate of drug-likeness (QED) is 0.886. The predicted octanol–water partition coefficient (Wildman–Crippen LogP) is 2.54. The van der Waals surface area contributed by atoms with Gasteiger partial charge in [0.2, 0.25) is 5.89 Å². The summed E-state index contributed by atoms with van der Waals surface area (Å²) in [4.78, 5) is 4.46. The van der Waals surface area contributed by atoms with Gasteiger partial charge in [0.15, 0.2) is 0 Å². The molecule has 0 saturated carbocycles. The number of halogens is 1. The smallest absolute Gasteiger partial charge is 0.226 e. The molecular weight excluding hydrogens is 231 g/mol. The van der Waals surface area contributed by atoms with Crippen LogP contribution in [-0.2, 0) is 12.8 Å². The molecule has 1 aliphatic rings. The monoisotopic (exact) mass is 246 g/mol. The van der Waals surface area contributed by atoms with Crippen molar-refractivity contribution in [3.8, 4) is 11.5 Å². The van der Waals surface area contributed by atoms with E-state index in [2.05, 4.69) is 4.98 Å². The zero-order valence-electron chi connectivity index (χ0n) is 10.0. The van der Waals surface area contributed by atoms with E-state index in [0.29, 0.717) is 23.9 Å². The number of nitrogens with zero attached hydrogens (tertiary/aromatic N) is 1. The van der Waals surface area contributed by atoms with Gasteiger partial charge < -0.3 is 10.2 Å². The average molecular weight is 246 g/mol. The number of rotatable bonds is 2. The molecule has 0 amide bonds. The topological polar surface area (TPSA) is 52.0 Å². The van der Waals surface area contributed by atoms with Crippen LogP contribution in [-0.4, -0.2) is 11.5 Å². The molecule has 1 atom stereocenters. The molecule has 94 valence electrons. The lowest BCUT2D eigenvalue weighted by Gasteiger charge is -2.17. The van der Waals surface area contributed by atoms with Crippen LogP contribution in [0.3, 0.4) is 0 Å². The molecule has 1 aliphatic carbocycles. The molecule has 1 aromatic heterocycles. The van der Waals surface area contributed by atoms with Crippen molar-refractivity contribution in [2.75, 3.05) is 6.54 Å². The molecule has 0 fully saturated rings. The lowest BCUT2D eigenvalue weighted by Crippen LogP contribution is -2.21. The zero-order chi connectivity index (χ0) is 12.5. The van der Waals surface area contributed by atoms with E-state index >= 15 is 0 Å². The SMILES string of the molecule is NCC1CCc2nc(-c3cccc(F)c3)oc2C1. The largest absolute Gasteiger partial charge is 0.441 e.